The van der Waals surface area contributed by atoms with Crippen LogP contribution in [0.5, 0.6) is 0 Å². The molecule has 2 N–H and O–H groups in total. The Bertz CT molecular complexity index is 569. The van der Waals surface area contributed by atoms with Gasteiger partial charge in [-0.1, -0.05) is 0 Å². The Morgan fingerprint density at radius 3 is 2.46 bits per heavy atom. The van der Waals surface area contributed by atoms with Crippen LogP contribution in [-0.4, -0.2) is 73.3 Å². The van der Waals surface area contributed by atoms with E-state index in [1.54, 1.807) is 0 Å². The summed E-state index contributed by atoms with van der Waals surface area (Å²) < 4.78 is 5.35. The highest BCUT2D eigenvalue weighted by atomic mass is 32.1. The highest BCUT2D eigenvalue weighted by molar-refractivity contribution is 7.80. The second-order valence-corrected chi connectivity index (χ2v) is 6.65. The van der Waals surface area contributed by atoms with Crippen LogP contribution < -0.4 is 10.6 Å². The normalized spacial score (nSPS) is 14.7. The van der Waals surface area contributed by atoms with Crippen LogP contribution in [0.4, 0.5) is 5.69 Å². The molecular formula is C19H30N4O2S. The molecule has 144 valence electrons. The monoisotopic (exact) mass is 378 g/mol. The summed E-state index contributed by atoms with van der Waals surface area (Å²) in [5, 5.41) is 7.00. The Morgan fingerprint density at radius 1 is 1.19 bits per heavy atom. The lowest BCUT2D eigenvalue weighted by molar-refractivity contribution is 0.0376. The van der Waals surface area contributed by atoms with E-state index in [9.17, 15) is 4.79 Å². The second kappa shape index (κ2) is 11.1. The van der Waals surface area contributed by atoms with Crippen molar-refractivity contribution < 1.29 is 9.53 Å². The number of carbonyl (C=O) groups is 1. The Kier molecular flexibility index (Phi) is 8.80. The number of nitrogens with one attached hydrogen (secondary N) is 2. The summed E-state index contributed by atoms with van der Waals surface area (Å²) in [5.41, 5.74) is 1.58. The van der Waals surface area contributed by atoms with Gasteiger partial charge in [0.2, 0.25) is 0 Å². The van der Waals surface area contributed by atoms with Gasteiger partial charge < -0.3 is 20.3 Å². The second-order valence-electron chi connectivity index (χ2n) is 6.24. The third kappa shape index (κ3) is 6.55. The smallest absolute Gasteiger partial charge is 0.253 e. The first kappa shape index (κ1) is 20.6. The third-order valence-electron chi connectivity index (χ3n) is 4.48. The van der Waals surface area contributed by atoms with Gasteiger partial charge in [0, 0.05) is 44.0 Å². The molecule has 1 fully saturated rings. The standard InChI is InChI=1S/C19H30N4O2S/c1-3-23(4-2)18(24)16-6-8-17(9-7-16)21-19(26)20-10-5-11-22-12-14-25-15-13-22/h6-9H,3-5,10-15H2,1-2H3,(H2,20,21,26). The zero-order valence-corrected chi connectivity index (χ0v) is 16.6. The lowest BCUT2D eigenvalue weighted by Crippen LogP contribution is -2.38. The number of hydrogen-bond acceptors (Lipinski definition) is 4. The third-order valence-corrected chi connectivity index (χ3v) is 4.73. The highest BCUT2D eigenvalue weighted by Gasteiger charge is 2.12. The number of thiocarbonyl (C=S) groups is 1. The maximum atomic E-state index is 12.3. The SMILES string of the molecule is CCN(CC)C(=O)c1ccc(NC(=S)NCCCN2CCOCC2)cc1. The number of morpholine rings is 1. The number of amides is 1. The molecule has 2 rings (SSSR count). The van der Waals surface area contributed by atoms with Crippen LogP contribution in [0.3, 0.4) is 0 Å². The molecule has 0 unspecified atom stereocenters. The van der Waals surface area contributed by atoms with Crippen LogP contribution in [-0.2, 0) is 4.74 Å². The molecule has 1 aromatic carbocycles. The number of anilines is 1. The molecule has 0 saturated carbocycles. The molecule has 0 aromatic heterocycles. The molecule has 0 atom stereocenters. The van der Waals surface area contributed by atoms with E-state index in [2.05, 4.69) is 15.5 Å². The number of hydrogen-bond donors (Lipinski definition) is 2. The number of benzene rings is 1. The van der Waals surface area contributed by atoms with Crippen molar-refractivity contribution in [3.8, 4) is 0 Å². The molecule has 26 heavy (non-hydrogen) atoms. The molecule has 1 saturated heterocycles. The summed E-state index contributed by atoms with van der Waals surface area (Å²) >= 11 is 5.34. The maximum absolute atomic E-state index is 12.3. The molecule has 6 nitrogen and oxygen atoms in total. The van der Waals surface area contributed by atoms with Crippen molar-refractivity contribution in [3.05, 3.63) is 29.8 Å². The number of nitrogens with zero attached hydrogens (tertiary/aromatic N) is 2. The fraction of sp³-hybridized carbons (Fsp3) is 0.579. The summed E-state index contributed by atoms with van der Waals surface area (Å²) in [6.07, 6.45) is 1.04. The molecule has 7 heteroatoms. The van der Waals surface area contributed by atoms with E-state index < -0.39 is 0 Å². The lowest BCUT2D eigenvalue weighted by Gasteiger charge is -2.26. The number of ether oxygens (including phenoxy) is 1. The Morgan fingerprint density at radius 2 is 1.85 bits per heavy atom. The summed E-state index contributed by atoms with van der Waals surface area (Å²) in [5.74, 6) is 0.0605. The van der Waals surface area contributed by atoms with Crippen LogP contribution in [0.25, 0.3) is 0 Å². The Balaban J connectivity index is 1.70. The summed E-state index contributed by atoms with van der Waals surface area (Å²) in [4.78, 5) is 16.5. The zero-order chi connectivity index (χ0) is 18.8. The van der Waals surface area contributed by atoms with Crippen LogP contribution >= 0.6 is 12.2 Å². The van der Waals surface area contributed by atoms with Crippen LogP contribution in [0.15, 0.2) is 24.3 Å². The van der Waals surface area contributed by atoms with Crippen molar-refractivity contribution >= 4 is 28.9 Å². The minimum Gasteiger partial charge on any atom is -0.379 e. The predicted octanol–water partition coefficient (Wildman–Crippen LogP) is 2.18. The first-order valence-corrected chi connectivity index (χ1v) is 9.79. The van der Waals surface area contributed by atoms with Crippen LogP contribution in [0, 0.1) is 0 Å². The van der Waals surface area contributed by atoms with Gasteiger partial charge in [-0.3, -0.25) is 9.69 Å². The quantitative estimate of drug-likeness (QED) is 0.534. The van der Waals surface area contributed by atoms with Gasteiger partial charge in [0.05, 0.1) is 13.2 Å². The summed E-state index contributed by atoms with van der Waals surface area (Å²) in [6, 6.07) is 7.45. The van der Waals surface area contributed by atoms with Crippen LogP contribution in [0.1, 0.15) is 30.6 Å². The average molecular weight is 379 g/mol. The van der Waals surface area contributed by atoms with Gasteiger partial charge in [-0.15, -0.1) is 0 Å². The van der Waals surface area contributed by atoms with E-state index >= 15 is 0 Å². The largest absolute Gasteiger partial charge is 0.379 e. The van der Waals surface area contributed by atoms with Gasteiger partial charge in [-0.2, -0.15) is 0 Å². The van der Waals surface area contributed by atoms with Gasteiger partial charge in [-0.05, 0) is 63.3 Å². The van der Waals surface area contributed by atoms with E-state index in [0.717, 1.165) is 51.5 Å². The van der Waals surface area contributed by atoms with E-state index in [-0.39, 0.29) is 5.91 Å². The van der Waals surface area contributed by atoms with Gasteiger partial charge >= 0.3 is 0 Å². The molecule has 1 heterocycles. The van der Waals surface area contributed by atoms with Crippen molar-refractivity contribution in [1.82, 2.24) is 15.1 Å². The number of rotatable bonds is 8. The topological polar surface area (TPSA) is 56.8 Å². The fourth-order valence-corrected chi connectivity index (χ4v) is 3.11. The molecule has 1 amide bonds. The molecule has 0 spiro atoms. The highest BCUT2D eigenvalue weighted by Crippen LogP contribution is 2.11. The Labute approximate surface area is 161 Å². The molecule has 1 aliphatic rings. The molecular weight excluding hydrogens is 348 g/mol. The first-order valence-electron chi connectivity index (χ1n) is 9.38. The first-order chi connectivity index (χ1) is 12.6. The molecule has 0 aliphatic carbocycles. The molecule has 0 bridgehead atoms. The minimum absolute atomic E-state index is 0.0605. The Hall–Kier alpha value is -1.70. The van der Waals surface area contributed by atoms with Gasteiger partial charge in [0.15, 0.2) is 5.11 Å². The van der Waals surface area contributed by atoms with Crippen molar-refractivity contribution in [1.29, 1.82) is 0 Å². The van der Waals surface area contributed by atoms with Crippen molar-refractivity contribution in [3.63, 3.8) is 0 Å². The van der Waals surface area contributed by atoms with E-state index in [0.29, 0.717) is 23.8 Å². The average Bonchev–Trinajstić information content (AvgIpc) is 2.67. The van der Waals surface area contributed by atoms with Gasteiger partial charge in [-0.25, -0.2) is 0 Å². The van der Waals surface area contributed by atoms with Gasteiger partial charge in [0.25, 0.3) is 5.91 Å². The number of carbonyl (C=O) groups excluding carboxylic acids is 1. The predicted molar refractivity (Wildman–Crippen MR) is 110 cm³/mol. The van der Waals surface area contributed by atoms with E-state index in [1.165, 1.54) is 0 Å². The van der Waals surface area contributed by atoms with E-state index in [4.69, 9.17) is 17.0 Å². The fourth-order valence-electron chi connectivity index (χ4n) is 2.89. The molecule has 1 aromatic rings. The van der Waals surface area contributed by atoms with E-state index in [1.807, 2.05) is 43.0 Å². The molecule has 1 aliphatic heterocycles. The van der Waals surface area contributed by atoms with Crippen molar-refractivity contribution in [2.45, 2.75) is 20.3 Å². The van der Waals surface area contributed by atoms with Gasteiger partial charge in [0.1, 0.15) is 0 Å². The zero-order valence-electron chi connectivity index (χ0n) is 15.8. The summed E-state index contributed by atoms with van der Waals surface area (Å²) in [6.45, 7) is 11.0. The summed E-state index contributed by atoms with van der Waals surface area (Å²) in [7, 11) is 0. The minimum atomic E-state index is 0.0605. The van der Waals surface area contributed by atoms with Crippen molar-refractivity contribution in [2.24, 2.45) is 0 Å². The lowest BCUT2D eigenvalue weighted by atomic mass is 10.2. The molecule has 0 radical (unpaired) electrons. The van der Waals surface area contributed by atoms with Crippen LogP contribution in [0.2, 0.25) is 0 Å². The maximum Gasteiger partial charge on any atom is 0.253 e. The van der Waals surface area contributed by atoms with Crippen molar-refractivity contribution in [2.75, 3.05) is 57.8 Å².